The van der Waals surface area contributed by atoms with E-state index in [-0.39, 0.29) is 0 Å². The monoisotopic (exact) mass is 202 g/mol. The van der Waals surface area contributed by atoms with Gasteiger partial charge in [0.2, 0.25) is 0 Å². The number of nitrogens with two attached hydrogens (primary N) is 1. The molecule has 4 nitrogen and oxygen atoms in total. The highest BCUT2D eigenvalue weighted by Gasteiger charge is 2.05. The third-order valence-corrected chi connectivity index (χ3v) is 2.29. The Morgan fingerprint density at radius 1 is 1.33 bits per heavy atom. The van der Waals surface area contributed by atoms with E-state index in [2.05, 4.69) is 10.1 Å². The molecule has 0 spiro atoms. The molecule has 78 valence electrons. The van der Waals surface area contributed by atoms with Crippen molar-refractivity contribution in [2.24, 2.45) is 5.73 Å². The SMILES string of the molecule is Cc1cc(-n2ccc(C)n2)c(CN)cn1. The van der Waals surface area contributed by atoms with Crippen LogP contribution in [0.3, 0.4) is 0 Å². The molecule has 0 radical (unpaired) electrons. The van der Waals surface area contributed by atoms with Crippen LogP contribution in [-0.2, 0) is 6.54 Å². The fraction of sp³-hybridized carbons (Fsp3) is 0.273. The molecule has 0 atom stereocenters. The minimum atomic E-state index is 0.474. The lowest BCUT2D eigenvalue weighted by Crippen LogP contribution is -2.06. The van der Waals surface area contributed by atoms with Gasteiger partial charge in [-0.15, -0.1) is 0 Å². The van der Waals surface area contributed by atoms with E-state index >= 15 is 0 Å². The molecule has 2 aromatic rings. The van der Waals surface area contributed by atoms with Gasteiger partial charge in [0.15, 0.2) is 0 Å². The first-order valence-electron chi connectivity index (χ1n) is 4.89. The Morgan fingerprint density at radius 2 is 2.13 bits per heavy atom. The van der Waals surface area contributed by atoms with Gasteiger partial charge in [0.1, 0.15) is 0 Å². The summed E-state index contributed by atoms with van der Waals surface area (Å²) in [6, 6.07) is 3.96. The minimum absolute atomic E-state index is 0.474. The zero-order valence-corrected chi connectivity index (χ0v) is 8.94. The van der Waals surface area contributed by atoms with Gasteiger partial charge in [0.05, 0.1) is 11.4 Å². The first-order chi connectivity index (χ1) is 7.20. The van der Waals surface area contributed by atoms with Crippen LogP contribution in [0.4, 0.5) is 0 Å². The van der Waals surface area contributed by atoms with Crippen molar-refractivity contribution in [3.05, 3.63) is 41.5 Å². The number of hydrogen-bond donors (Lipinski definition) is 1. The lowest BCUT2D eigenvalue weighted by Gasteiger charge is -2.07. The summed E-state index contributed by atoms with van der Waals surface area (Å²) < 4.78 is 1.84. The van der Waals surface area contributed by atoms with Gasteiger partial charge < -0.3 is 5.73 Å². The summed E-state index contributed by atoms with van der Waals surface area (Å²) in [6.07, 6.45) is 3.74. The van der Waals surface area contributed by atoms with Crippen LogP contribution in [0.15, 0.2) is 24.5 Å². The predicted molar refractivity (Wildman–Crippen MR) is 58.7 cm³/mol. The molecule has 0 fully saturated rings. The highest BCUT2D eigenvalue weighted by atomic mass is 15.3. The molecule has 0 saturated carbocycles. The molecule has 2 N–H and O–H groups in total. The Bertz CT molecular complexity index is 473. The van der Waals surface area contributed by atoms with Crippen LogP contribution in [0.5, 0.6) is 0 Å². The molecule has 2 heterocycles. The summed E-state index contributed by atoms with van der Waals surface area (Å²) in [5.41, 5.74) is 9.64. The topological polar surface area (TPSA) is 56.7 Å². The number of aryl methyl sites for hydroxylation is 2. The summed E-state index contributed by atoms with van der Waals surface area (Å²) in [5, 5.41) is 4.36. The van der Waals surface area contributed by atoms with E-state index in [9.17, 15) is 0 Å². The molecule has 0 saturated heterocycles. The maximum absolute atomic E-state index is 5.66. The fourth-order valence-corrected chi connectivity index (χ4v) is 1.49. The number of rotatable bonds is 2. The second-order valence-electron chi connectivity index (χ2n) is 3.56. The smallest absolute Gasteiger partial charge is 0.0723 e. The predicted octanol–water partition coefficient (Wildman–Crippen LogP) is 1.34. The zero-order chi connectivity index (χ0) is 10.8. The number of nitrogens with zero attached hydrogens (tertiary/aromatic N) is 3. The van der Waals surface area contributed by atoms with Crippen molar-refractivity contribution < 1.29 is 0 Å². The molecule has 15 heavy (non-hydrogen) atoms. The first-order valence-corrected chi connectivity index (χ1v) is 4.89. The maximum Gasteiger partial charge on any atom is 0.0723 e. The van der Waals surface area contributed by atoms with Crippen molar-refractivity contribution in [1.29, 1.82) is 0 Å². The van der Waals surface area contributed by atoms with Crippen LogP contribution in [0.25, 0.3) is 5.69 Å². The van der Waals surface area contributed by atoms with Crippen LogP contribution in [-0.4, -0.2) is 14.8 Å². The molecule has 0 bridgehead atoms. The van der Waals surface area contributed by atoms with Gasteiger partial charge in [-0.2, -0.15) is 5.10 Å². The van der Waals surface area contributed by atoms with Crippen LogP contribution < -0.4 is 5.73 Å². The molecule has 0 aliphatic heterocycles. The molecule has 0 amide bonds. The first kappa shape index (κ1) is 9.86. The van der Waals surface area contributed by atoms with Crippen molar-refractivity contribution in [2.75, 3.05) is 0 Å². The molecule has 4 heteroatoms. The fourth-order valence-electron chi connectivity index (χ4n) is 1.49. The summed E-state index contributed by atoms with van der Waals surface area (Å²) in [6.45, 7) is 4.40. The largest absolute Gasteiger partial charge is 0.326 e. The highest BCUT2D eigenvalue weighted by molar-refractivity contribution is 5.40. The molecule has 0 unspecified atom stereocenters. The standard InChI is InChI=1S/C11H14N4/c1-8-3-4-15(14-8)11-5-9(2)13-7-10(11)6-12/h3-5,7H,6,12H2,1-2H3. The van der Waals surface area contributed by atoms with E-state index < -0.39 is 0 Å². The lowest BCUT2D eigenvalue weighted by molar-refractivity contribution is 0.836. The van der Waals surface area contributed by atoms with Crippen LogP contribution >= 0.6 is 0 Å². The lowest BCUT2D eigenvalue weighted by atomic mass is 10.2. The van der Waals surface area contributed by atoms with Gasteiger partial charge >= 0.3 is 0 Å². The third-order valence-electron chi connectivity index (χ3n) is 2.29. The molecular weight excluding hydrogens is 188 g/mol. The van der Waals surface area contributed by atoms with Crippen molar-refractivity contribution >= 4 is 0 Å². The van der Waals surface area contributed by atoms with Gasteiger partial charge in [-0.1, -0.05) is 0 Å². The van der Waals surface area contributed by atoms with E-state index in [0.717, 1.165) is 22.6 Å². The zero-order valence-electron chi connectivity index (χ0n) is 8.94. The Kier molecular flexibility index (Phi) is 2.51. The van der Waals surface area contributed by atoms with Crippen molar-refractivity contribution in [3.63, 3.8) is 0 Å². The Balaban J connectivity index is 2.55. The van der Waals surface area contributed by atoms with Gasteiger partial charge in [-0.3, -0.25) is 4.98 Å². The molecule has 2 rings (SSSR count). The van der Waals surface area contributed by atoms with Gasteiger partial charge in [0, 0.05) is 30.2 Å². The second kappa shape index (κ2) is 3.82. The minimum Gasteiger partial charge on any atom is -0.326 e. The molecule has 0 aromatic carbocycles. The van der Waals surface area contributed by atoms with Gasteiger partial charge in [-0.05, 0) is 26.0 Å². The van der Waals surface area contributed by atoms with Crippen molar-refractivity contribution in [1.82, 2.24) is 14.8 Å². The summed E-state index contributed by atoms with van der Waals surface area (Å²) in [4.78, 5) is 4.22. The van der Waals surface area contributed by atoms with E-state index in [1.165, 1.54) is 0 Å². The molecule has 0 aliphatic rings. The van der Waals surface area contributed by atoms with E-state index in [1.807, 2.05) is 43.1 Å². The molecular formula is C11H14N4. The second-order valence-corrected chi connectivity index (χ2v) is 3.56. The van der Waals surface area contributed by atoms with E-state index in [1.54, 1.807) is 0 Å². The van der Waals surface area contributed by atoms with E-state index in [4.69, 9.17) is 5.73 Å². The molecule has 0 aliphatic carbocycles. The van der Waals surface area contributed by atoms with E-state index in [0.29, 0.717) is 6.54 Å². The number of pyridine rings is 1. The highest BCUT2D eigenvalue weighted by Crippen LogP contribution is 2.13. The summed E-state index contributed by atoms with van der Waals surface area (Å²) in [5.74, 6) is 0. The Hall–Kier alpha value is -1.68. The molecule has 2 aromatic heterocycles. The Morgan fingerprint density at radius 3 is 2.73 bits per heavy atom. The maximum atomic E-state index is 5.66. The van der Waals surface area contributed by atoms with Crippen molar-refractivity contribution in [2.45, 2.75) is 20.4 Å². The number of hydrogen-bond acceptors (Lipinski definition) is 3. The van der Waals surface area contributed by atoms with Crippen molar-refractivity contribution in [3.8, 4) is 5.69 Å². The van der Waals surface area contributed by atoms with Gasteiger partial charge in [-0.25, -0.2) is 4.68 Å². The summed E-state index contributed by atoms with van der Waals surface area (Å²) in [7, 11) is 0. The van der Waals surface area contributed by atoms with Gasteiger partial charge in [0.25, 0.3) is 0 Å². The average Bonchev–Trinajstić information content (AvgIpc) is 2.65. The third kappa shape index (κ3) is 1.89. The van der Waals surface area contributed by atoms with Crippen LogP contribution in [0.2, 0.25) is 0 Å². The average molecular weight is 202 g/mol. The normalized spacial score (nSPS) is 10.6. The summed E-state index contributed by atoms with van der Waals surface area (Å²) >= 11 is 0. The van der Waals surface area contributed by atoms with Crippen LogP contribution in [0, 0.1) is 13.8 Å². The Labute approximate surface area is 88.8 Å². The van der Waals surface area contributed by atoms with Crippen LogP contribution in [0.1, 0.15) is 17.0 Å². The quantitative estimate of drug-likeness (QED) is 0.799. The number of aromatic nitrogens is 3.